The van der Waals surface area contributed by atoms with Gasteiger partial charge in [0.15, 0.2) is 0 Å². The van der Waals surface area contributed by atoms with Crippen LogP contribution in [0.15, 0.2) is 54.6 Å². The highest BCUT2D eigenvalue weighted by Gasteiger charge is 2.13. The molecule has 128 valence electrons. The standard InChI is InChI=1S/C21H20ClNO2/c1-14-8-9-17-12-18(21(22)23-19(17)10-14)13-25-20(24)11-15(2)16-6-4-3-5-7-16/h3-10,12,15H,11,13H2,1-2H3. The van der Waals surface area contributed by atoms with Crippen molar-refractivity contribution in [3.63, 3.8) is 0 Å². The van der Waals surface area contributed by atoms with Crippen molar-refractivity contribution in [1.29, 1.82) is 0 Å². The van der Waals surface area contributed by atoms with Gasteiger partial charge < -0.3 is 4.74 Å². The molecule has 2 aromatic carbocycles. The van der Waals surface area contributed by atoms with Crippen molar-refractivity contribution in [3.8, 4) is 0 Å². The number of benzene rings is 2. The first-order valence-electron chi connectivity index (χ1n) is 8.29. The number of aromatic nitrogens is 1. The van der Waals surface area contributed by atoms with Crippen LogP contribution >= 0.6 is 11.6 Å². The van der Waals surface area contributed by atoms with E-state index in [1.54, 1.807) is 0 Å². The van der Waals surface area contributed by atoms with Crippen molar-refractivity contribution < 1.29 is 9.53 Å². The van der Waals surface area contributed by atoms with Crippen molar-refractivity contribution in [2.24, 2.45) is 0 Å². The number of halogens is 1. The van der Waals surface area contributed by atoms with Crippen molar-refractivity contribution in [1.82, 2.24) is 4.98 Å². The van der Waals surface area contributed by atoms with Crippen molar-refractivity contribution >= 4 is 28.5 Å². The molecule has 3 rings (SSSR count). The fourth-order valence-corrected chi connectivity index (χ4v) is 2.97. The zero-order valence-electron chi connectivity index (χ0n) is 14.3. The summed E-state index contributed by atoms with van der Waals surface area (Å²) >= 11 is 6.24. The summed E-state index contributed by atoms with van der Waals surface area (Å²) < 4.78 is 5.41. The fraction of sp³-hybridized carbons (Fsp3) is 0.238. The molecule has 25 heavy (non-hydrogen) atoms. The van der Waals surface area contributed by atoms with Crippen LogP contribution in [0, 0.1) is 6.92 Å². The minimum atomic E-state index is -0.239. The lowest BCUT2D eigenvalue weighted by Crippen LogP contribution is -2.09. The number of aryl methyl sites for hydroxylation is 1. The maximum absolute atomic E-state index is 12.1. The van der Waals surface area contributed by atoms with Crippen LogP contribution in [-0.2, 0) is 16.1 Å². The van der Waals surface area contributed by atoms with E-state index >= 15 is 0 Å². The Morgan fingerprint density at radius 1 is 1.16 bits per heavy atom. The third-order valence-electron chi connectivity index (χ3n) is 4.23. The van der Waals surface area contributed by atoms with Gasteiger partial charge in [-0.1, -0.05) is 61.0 Å². The third kappa shape index (κ3) is 4.37. The normalized spacial score (nSPS) is 12.1. The van der Waals surface area contributed by atoms with Gasteiger partial charge in [0.25, 0.3) is 0 Å². The van der Waals surface area contributed by atoms with Crippen LogP contribution in [0.2, 0.25) is 5.15 Å². The maximum atomic E-state index is 12.1. The molecule has 0 spiro atoms. The Morgan fingerprint density at radius 3 is 2.68 bits per heavy atom. The summed E-state index contributed by atoms with van der Waals surface area (Å²) in [6, 6.07) is 17.9. The molecule has 3 aromatic rings. The minimum Gasteiger partial charge on any atom is -0.461 e. The van der Waals surface area contributed by atoms with Crippen LogP contribution in [0.5, 0.6) is 0 Å². The Balaban J connectivity index is 1.65. The number of hydrogen-bond acceptors (Lipinski definition) is 3. The smallest absolute Gasteiger partial charge is 0.306 e. The van der Waals surface area contributed by atoms with E-state index in [0.717, 1.165) is 27.6 Å². The second-order valence-corrected chi connectivity index (χ2v) is 6.67. The average Bonchev–Trinajstić information content (AvgIpc) is 2.60. The molecule has 0 N–H and O–H groups in total. The van der Waals surface area contributed by atoms with E-state index in [1.807, 2.05) is 68.4 Å². The maximum Gasteiger partial charge on any atom is 0.306 e. The molecule has 0 amide bonds. The summed E-state index contributed by atoms with van der Waals surface area (Å²) in [7, 11) is 0. The van der Waals surface area contributed by atoms with Gasteiger partial charge in [-0.15, -0.1) is 0 Å². The molecule has 1 aromatic heterocycles. The van der Waals surface area contributed by atoms with E-state index in [0.29, 0.717) is 11.6 Å². The van der Waals surface area contributed by atoms with Gasteiger partial charge in [0.2, 0.25) is 0 Å². The van der Waals surface area contributed by atoms with E-state index in [4.69, 9.17) is 16.3 Å². The largest absolute Gasteiger partial charge is 0.461 e. The number of carbonyl (C=O) groups is 1. The van der Waals surface area contributed by atoms with Crippen LogP contribution in [0.3, 0.4) is 0 Å². The molecule has 0 fully saturated rings. The molecular formula is C21H20ClNO2. The molecule has 0 radical (unpaired) electrons. The van der Waals surface area contributed by atoms with E-state index in [2.05, 4.69) is 4.98 Å². The van der Waals surface area contributed by atoms with Gasteiger partial charge in [0.05, 0.1) is 11.9 Å². The SMILES string of the molecule is Cc1ccc2cc(COC(=O)CC(C)c3ccccc3)c(Cl)nc2c1. The number of nitrogens with zero attached hydrogens (tertiary/aromatic N) is 1. The second-order valence-electron chi connectivity index (χ2n) is 6.31. The number of carbonyl (C=O) groups excluding carboxylic acids is 1. The van der Waals surface area contributed by atoms with E-state index in [-0.39, 0.29) is 18.5 Å². The molecule has 0 aliphatic heterocycles. The summed E-state index contributed by atoms with van der Waals surface area (Å²) in [6.07, 6.45) is 0.335. The van der Waals surface area contributed by atoms with Crippen LogP contribution < -0.4 is 0 Å². The summed E-state index contributed by atoms with van der Waals surface area (Å²) in [5.74, 6) is -0.127. The van der Waals surface area contributed by atoms with Crippen LogP contribution in [0.4, 0.5) is 0 Å². The number of esters is 1. The topological polar surface area (TPSA) is 39.2 Å². The highest BCUT2D eigenvalue weighted by molar-refractivity contribution is 6.30. The number of ether oxygens (including phenoxy) is 1. The Labute approximate surface area is 152 Å². The van der Waals surface area contributed by atoms with Crippen molar-refractivity contribution in [2.45, 2.75) is 32.8 Å². The molecule has 0 saturated carbocycles. The monoisotopic (exact) mass is 353 g/mol. The Hall–Kier alpha value is -2.39. The summed E-state index contributed by atoms with van der Waals surface area (Å²) in [6.45, 7) is 4.16. The zero-order chi connectivity index (χ0) is 17.8. The van der Waals surface area contributed by atoms with Crippen LogP contribution in [0.1, 0.15) is 36.0 Å². The lowest BCUT2D eigenvalue weighted by atomic mass is 9.98. The minimum absolute atomic E-state index is 0.113. The second kappa shape index (κ2) is 7.66. The first-order chi connectivity index (χ1) is 12.0. The van der Waals surface area contributed by atoms with Gasteiger partial charge in [-0.2, -0.15) is 0 Å². The fourth-order valence-electron chi connectivity index (χ4n) is 2.77. The number of hydrogen-bond donors (Lipinski definition) is 0. The van der Waals surface area contributed by atoms with Crippen molar-refractivity contribution in [3.05, 3.63) is 76.4 Å². The lowest BCUT2D eigenvalue weighted by molar-refractivity contribution is -0.145. The van der Waals surface area contributed by atoms with Gasteiger partial charge in [0.1, 0.15) is 11.8 Å². The first kappa shape index (κ1) is 17.4. The van der Waals surface area contributed by atoms with Crippen LogP contribution in [-0.4, -0.2) is 11.0 Å². The van der Waals surface area contributed by atoms with Gasteiger partial charge in [-0.25, -0.2) is 4.98 Å². The molecule has 3 nitrogen and oxygen atoms in total. The summed E-state index contributed by atoms with van der Waals surface area (Å²) in [4.78, 5) is 16.5. The third-order valence-corrected chi connectivity index (χ3v) is 4.56. The van der Waals surface area contributed by atoms with Crippen molar-refractivity contribution in [2.75, 3.05) is 0 Å². The zero-order valence-corrected chi connectivity index (χ0v) is 15.1. The first-order valence-corrected chi connectivity index (χ1v) is 8.67. The van der Waals surface area contributed by atoms with E-state index in [9.17, 15) is 4.79 Å². The highest BCUT2D eigenvalue weighted by atomic mass is 35.5. The quantitative estimate of drug-likeness (QED) is 0.453. The lowest BCUT2D eigenvalue weighted by Gasteiger charge is -2.12. The summed E-state index contributed by atoms with van der Waals surface area (Å²) in [5.41, 5.74) is 3.82. The number of pyridine rings is 1. The molecule has 0 saturated heterocycles. The number of rotatable bonds is 5. The van der Waals surface area contributed by atoms with Gasteiger partial charge in [-0.05, 0) is 36.1 Å². The molecule has 4 heteroatoms. The number of fused-ring (bicyclic) bond motifs is 1. The molecular weight excluding hydrogens is 334 g/mol. The highest BCUT2D eigenvalue weighted by Crippen LogP contribution is 2.23. The van der Waals surface area contributed by atoms with Crippen LogP contribution in [0.25, 0.3) is 10.9 Å². The van der Waals surface area contributed by atoms with E-state index < -0.39 is 0 Å². The Bertz CT molecular complexity index is 893. The Kier molecular flexibility index (Phi) is 5.34. The molecule has 1 heterocycles. The molecule has 0 bridgehead atoms. The summed E-state index contributed by atoms with van der Waals surface area (Å²) in [5, 5.41) is 1.36. The molecule has 1 atom stereocenters. The molecule has 1 unspecified atom stereocenters. The van der Waals surface area contributed by atoms with E-state index in [1.165, 1.54) is 0 Å². The average molecular weight is 354 g/mol. The van der Waals surface area contributed by atoms with Gasteiger partial charge >= 0.3 is 5.97 Å². The molecule has 0 aliphatic carbocycles. The van der Waals surface area contributed by atoms with Gasteiger partial charge in [0, 0.05) is 10.9 Å². The predicted octanol–water partition coefficient (Wildman–Crippen LogP) is 5.43. The molecule has 0 aliphatic rings. The van der Waals surface area contributed by atoms with Gasteiger partial charge in [-0.3, -0.25) is 4.79 Å². The Morgan fingerprint density at radius 2 is 1.92 bits per heavy atom. The predicted molar refractivity (Wildman–Crippen MR) is 101 cm³/mol.